The van der Waals surface area contributed by atoms with Gasteiger partial charge in [0.15, 0.2) is 11.5 Å². The number of unbranched alkanes of at least 4 members (excludes halogenated alkanes) is 10. The molecular weight excluding hydrogens is 466 g/mol. The fraction of sp³-hybridized carbons (Fsp3) is 0.548. The SMILES string of the molecule is CCCCCCCCCCCCCc1c(O)c(N=CCCC(=O)OCc2ccccc2)cc(O)c1OC. The number of carbonyl (C=O) groups is 1. The fourth-order valence-electron chi connectivity index (χ4n) is 4.36. The monoisotopic (exact) mass is 511 g/mol. The molecule has 6 nitrogen and oxygen atoms in total. The predicted molar refractivity (Wildman–Crippen MR) is 150 cm³/mol. The number of rotatable bonds is 19. The van der Waals surface area contributed by atoms with Crippen LogP contribution in [-0.4, -0.2) is 29.5 Å². The third kappa shape index (κ3) is 11.7. The van der Waals surface area contributed by atoms with Gasteiger partial charge in [0.05, 0.1) is 13.5 Å². The van der Waals surface area contributed by atoms with Crippen LogP contribution in [0.3, 0.4) is 0 Å². The van der Waals surface area contributed by atoms with E-state index in [1.165, 1.54) is 71.0 Å². The summed E-state index contributed by atoms with van der Waals surface area (Å²) in [6.45, 7) is 2.49. The molecule has 0 saturated heterocycles. The molecule has 0 atom stereocenters. The molecule has 0 heterocycles. The Balaban J connectivity index is 1.76. The Labute approximate surface area is 222 Å². The van der Waals surface area contributed by atoms with Crippen molar-refractivity contribution < 1.29 is 24.5 Å². The number of aromatic hydroxyl groups is 2. The molecule has 0 amide bonds. The minimum Gasteiger partial charge on any atom is -0.505 e. The number of esters is 1. The lowest BCUT2D eigenvalue weighted by molar-refractivity contribution is -0.144. The number of ether oxygens (including phenoxy) is 2. The fourth-order valence-corrected chi connectivity index (χ4v) is 4.36. The Morgan fingerprint density at radius 3 is 2.16 bits per heavy atom. The van der Waals surface area contributed by atoms with Crippen molar-refractivity contribution in [3.8, 4) is 17.2 Å². The topological polar surface area (TPSA) is 88.4 Å². The standard InChI is InChI=1S/C31H45NO5/c1-3-4-5-6-7-8-9-10-11-12-16-20-26-30(35)27(23-28(33)31(26)36-2)32-22-17-21-29(34)37-24-25-18-14-13-15-19-25/h13-15,18-19,22-23,33,35H,3-12,16-17,20-21,24H2,1-2H3. The molecule has 0 aromatic heterocycles. The van der Waals surface area contributed by atoms with Crippen molar-refractivity contribution in [3.05, 3.63) is 47.5 Å². The van der Waals surface area contributed by atoms with Crippen LogP contribution >= 0.6 is 0 Å². The minimum absolute atomic E-state index is 0.0182. The van der Waals surface area contributed by atoms with E-state index in [0.29, 0.717) is 24.2 Å². The summed E-state index contributed by atoms with van der Waals surface area (Å²) in [6, 6.07) is 10.9. The molecule has 2 N–H and O–H groups in total. The first-order valence-corrected chi connectivity index (χ1v) is 13.9. The maximum atomic E-state index is 12.0. The highest BCUT2D eigenvalue weighted by molar-refractivity contribution is 5.76. The van der Waals surface area contributed by atoms with Gasteiger partial charge in [-0.15, -0.1) is 0 Å². The third-order valence-corrected chi connectivity index (χ3v) is 6.49. The second-order valence-electron chi connectivity index (χ2n) is 9.56. The number of phenols is 2. The first kappa shape index (κ1) is 30.2. The van der Waals surface area contributed by atoms with Crippen LogP contribution in [0.15, 0.2) is 41.4 Å². The number of aliphatic imine (C=N–C) groups is 1. The molecule has 0 aliphatic rings. The zero-order valence-electron chi connectivity index (χ0n) is 22.7. The first-order valence-electron chi connectivity index (χ1n) is 13.9. The summed E-state index contributed by atoms with van der Waals surface area (Å²) in [5, 5.41) is 21.2. The molecule has 37 heavy (non-hydrogen) atoms. The van der Waals surface area contributed by atoms with Gasteiger partial charge < -0.3 is 19.7 Å². The van der Waals surface area contributed by atoms with Crippen molar-refractivity contribution >= 4 is 17.9 Å². The number of phenolic OH excluding ortho intramolecular Hbond substituents is 2. The minimum atomic E-state index is -0.311. The summed E-state index contributed by atoms with van der Waals surface area (Å²) in [5.74, 6) is -0.0419. The van der Waals surface area contributed by atoms with Crippen LogP contribution in [0.4, 0.5) is 5.69 Å². The zero-order valence-corrected chi connectivity index (χ0v) is 22.7. The van der Waals surface area contributed by atoms with E-state index in [1.54, 1.807) is 6.21 Å². The van der Waals surface area contributed by atoms with E-state index in [9.17, 15) is 15.0 Å². The van der Waals surface area contributed by atoms with Crippen LogP contribution in [0.5, 0.6) is 17.2 Å². The summed E-state index contributed by atoms with van der Waals surface area (Å²) in [7, 11) is 1.49. The molecule has 0 aliphatic carbocycles. The van der Waals surface area contributed by atoms with Gasteiger partial charge in [-0.2, -0.15) is 0 Å². The number of methoxy groups -OCH3 is 1. The van der Waals surface area contributed by atoms with Crippen LogP contribution in [0, 0.1) is 0 Å². The van der Waals surface area contributed by atoms with Crippen molar-refractivity contribution in [2.24, 2.45) is 4.99 Å². The summed E-state index contributed by atoms with van der Waals surface area (Å²) < 4.78 is 10.6. The molecule has 0 unspecified atom stereocenters. The predicted octanol–water partition coefficient (Wildman–Crippen LogP) is 8.19. The molecule has 0 bridgehead atoms. The van der Waals surface area contributed by atoms with Crippen LogP contribution in [0.1, 0.15) is 102 Å². The van der Waals surface area contributed by atoms with Gasteiger partial charge in [-0.25, -0.2) is 0 Å². The quantitative estimate of drug-likeness (QED) is 0.0859. The lowest BCUT2D eigenvalue weighted by Gasteiger charge is -2.14. The Morgan fingerprint density at radius 1 is 0.919 bits per heavy atom. The molecule has 0 fully saturated rings. The van der Waals surface area contributed by atoms with Crippen molar-refractivity contribution in [2.75, 3.05) is 7.11 Å². The van der Waals surface area contributed by atoms with Crippen molar-refractivity contribution in [1.82, 2.24) is 0 Å². The Morgan fingerprint density at radius 2 is 1.54 bits per heavy atom. The number of hydrogen-bond donors (Lipinski definition) is 2. The van der Waals surface area contributed by atoms with E-state index >= 15 is 0 Å². The second-order valence-corrected chi connectivity index (χ2v) is 9.56. The number of carbonyl (C=O) groups excluding carboxylic acids is 1. The number of benzene rings is 2. The van der Waals surface area contributed by atoms with E-state index in [0.717, 1.165) is 18.4 Å². The molecule has 2 aromatic carbocycles. The van der Waals surface area contributed by atoms with Crippen LogP contribution in [0.25, 0.3) is 0 Å². The number of nitrogens with zero attached hydrogens (tertiary/aromatic N) is 1. The second kappa shape index (κ2) is 18.3. The van der Waals surface area contributed by atoms with Gasteiger partial charge in [0.25, 0.3) is 0 Å². The largest absolute Gasteiger partial charge is 0.505 e. The average Bonchev–Trinajstić information content (AvgIpc) is 2.91. The van der Waals surface area contributed by atoms with E-state index in [2.05, 4.69) is 11.9 Å². The van der Waals surface area contributed by atoms with Gasteiger partial charge in [0.2, 0.25) is 0 Å². The van der Waals surface area contributed by atoms with Crippen molar-refractivity contribution in [1.29, 1.82) is 0 Å². The third-order valence-electron chi connectivity index (χ3n) is 6.49. The molecular formula is C31H45NO5. The molecule has 0 saturated carbocycles. The van der Waals surface area contributed by atoms with Crippen molar-refractivity contribution in [3.63, 3.8) is 0 Å². The highest BCUT2D eigenvalue weighted by Crippen LogP contribution is 2.44. The van der Waals surface area contributed by atoms with E-state index in [4.69, 9.17) is 9.47 Å². The lowest BCUT2D eigenvalue weighted by atomic mass is 10.0. The highest BCUT2D eigenvalue weighted by atomic mass is 16.5. The van der Waals surface area contributed by atoms with Gasteiger partial charge in [-0.05, 0) is 24.8 Å². The Kier molecular flexibility index (Phi) is 14.9. The maximum Gasteiger partial charge on any atom is 0.306 e. The summed E-state index contributed by atoms with van der Waals surface area (Å²) in [5.41, 5.74) is 1.79. The molecule has 2 rings (SSSR count). The highest BCUT2D eigenvalue weighted by Gasteiger charge is 2.17. The average molecular weight is 512 g/mol. The van der Waals surface area contributed by atoms with Gasteiger partial charge in [-0.3, -0.25) is 9.79 Å². The zero-order chi connectivity index (χ0) is 26.7. The molecule has 6 heteroatoms. The molecule has 0 radical (unpaired) electrons. The smallest absolute Gasteiger partial charge is 0.306 e. The maximum absolute atomic E-state index is 12.0. The van der Waals surface area contributed by atoms with Gasteiger partial charge in [-0.1, -0.05) is 101 Å². The van der Waals surface area contributed by atoms with E-state index < -0.39 is 0 Å². The van der Waals surface area contributed by atoms with Crippen molar-refractivity contribution in [2.45, 2.75) is 103 Å². The van der Waals surface area contributed by atoms with Crippen LogP contribution in [0.2, 0.25) is 0 Å². The first-order chi connectivity index (χ1) is 18.1. The molecule has 0 spiro atoms. The van der Waals surface area contributed by atoms with Gasteiger partial charge in [0, 0.05) is 17.8 Å². The molecule has 0 aliphatic heterocycles. The van der Waals surface area contributed by atoms with Gasteiger partial charge in [0.1, 0.15) is 18.0 Å². The molecule has 204 valence electrons. The molecule has 2 aromatic rings. The lowest BCUT2D eigenvalue weighted by Crippen LogP contribution is -2.04. The Hall–Kier alpha value is -3.02. The summed E-state index contributed by atoms with van der Waals surface area (Å²) in [4.78, 5) is 16.3. The van der Waals surface area contributed by atoms with Crippen LogP contribution < -0.4 is 4.74 Å². The normalized spacial score (nSPS) is 11.2. The Bertz CT molecular complexity index is 942. The summed E-state index contributed by atoms with van der Waals surface area (Å²) in [6.07, 6.45) is 16.4. The van der Waals surface area contributed by atoms with E-state index in [-0.39, 0.29) is 36.2 Å². The summed E-state index contributed by atoms with van der Waals surface area (Å²) >= 11 is 0. The van der Waals surface area contributed by atoms with E-state index in [1.807, 2.05) is 30.3 Å². The van der Waals surface area contributed by atoms with Gasteiger partial charge >= 0.3 is 5.97 Å². The number of hydrogen-bond acceptors (Lipinski definition) is 6. The van der Waals surface area contributed by atoms with Crippen LogP contribution in [-0.2, 0) is 22.6 Å².